The van der Waals surface area contributed by atoms with Crippen LogP contribution in [0.5, 0.6) is 0 Å². The van der Waals surface area contributed by atoms with E-state index in [9.17, 15) is 4.79 Å². The second-order valence-electron chi connectivity index (χ2n) is 5.81. The lowest BCUT2D eigenvalue weighted by Crippen LogP contribution is -2.26. The monoisotopic (exact) mass is 276 g/mol. The standard InChI is InChI=1S/C16H24N2O2/c1-12(2)13-5-6-14-15(11-13)18(10-7-16(19)20)9-4-8-17(14)3/h5-6,11-12H,4,7-10H2,1-3H3,(H,19,20). The first kappa shape index (κ1) is 14.7. The third-order valence-corrected chi connectivity index (χ3v) is 3.94. The van der Waals surface area contributed by atoms with Gasteiger partial charge in [0.1, 0.15) is 0 Å². The van der Waals surface area contributed by atoms with Gasteiger partial charge in [0.15, 0.2) is 0 Å². The Bertz CT molecular complexity index is 485. The number of hydrogen-bond donors (Lipinski definition) is 1. The van der Waals surface area contributed by atoms with E-state index < -0.39 is 5.97 Å². The Morgan fingerprint density at radius 1 is 1.30 bits per heavy atom. The number of hydrogen-bond acceptors (Lipinski definition) is 3. The molecular weight excluding hydrogens is 252 g/mol. The number of carboxylic acid groups (broad SMARTS) is 1. The van der Waals surface area contributed by atoms with Crippen LogP contribution in [0.15, 0.2) is 18.2 Å². The van der Waals surface area contributed by atoms with Crippen molar-refractivity contribution in [2.24, 2.45) is 0 Å². The van der Waals surface area contributed by atoms with Crippen LogP contribution in [0.2, 0.25) is 0 Å². The first-order chi connectivity index (χ1) is 9.49. The minimum Gasteiger partial charge on any atom is -0.481 e. The van der Waals surface area contributed by atoms with Gasteiger partial charge in [-0.3, -0.25) is 4.79 Å². The van der Waals surface area contributed by atoms with Crippen LogP contribution in [0.25, 0.3) is 0 Å². The molecule has 1 N–H and O–H groups in total. The quantitative estimate of drug-likeness (QED) is 0.918. The molecule has 1 aliphatic heterocycles. The molecule has 0 spiro atoms. The molecule has 0 fully saturated rings. The zero-order valence-electron chi connectivity index (χ0n) is 12.6. The van der Waals surface area contributed by atoms with Gasteiger partial charge < -0.3 is 14.9 Å². The van der Waals surface area contributed by atoms with E-state index >= 15 is 0 Å². The second-order valence-corrected chi connectivity index (χ2v) is 5.81. The number of rotatable bonds is 4. The number of benzene rings is 1. The van der Waals surface area contributed by atoms with Gasteiger partial charge in [0.2, 0.25) is 0 Å². The van der Waals surface area contributed by atoms with Crippen LogP contribution in [0, 0.1) is 0 Å². The van der Waals surface area contributed by atoms with E-state index in [-0.39, 0.29) is 6.42 Å². The summed E-state index contributed by atoms with van der Waals surface area (Å²) in [6, 6.07) is 6.58. The first-order valence-corrected chi connectivity index (χ1v) is 7.31. The van der Waals surface area contributed by atoms with Crippen molar-refractivity contribution in [3.05, 3.63) is 23.8 Å². The maximum atomic E-state index is 10.8. The maximum Gasteiger partial charge on any atom is 0.305 e. The summed E-state index contributed by atoms with van der Waals surface area (Å²) in [7, 11) is 2.11. The van der Waals surface area contributed by atoms with Gasteiger partial charge in [-0.15, -0.1) is 0 Å². The van der Waals surface area contributed by atoms with Crippen LogP contribution in [0.3, 0.4) is 0 Å². The van der Waals surface area contributed by atoms with Crippen molar-refractivity contribution >= 4 is 17.3 Å². The predicted octanol–water partition coefficient (Wildman–Crippen LogP) is 2.93. The molecule has 2 rings (SSSR count). The Hall–Kier alpha value is -1.71. The van der Waals surface area contributed by atoms with E-state index in [1.54, 1.807) is 0 Å². The van der Waals surface area contributed by atoms with E-state index in [1.807, 2.05) is 0 Å². The van der Waals surface area contributed by atoms with E-state index in [4.69, 9.17) is 5.11 Å². The Morgan fingerprint density at radius 3 is 2.70 bits per heavy atom. The number of fused-ring (bicyclic) bond motifs is 1. The third kappa shape index (κ3) is 3.24. The predicted molar refractivity (Wildman–Crippen MR) is 82.9 cm³/mol. The number of aliphatic carboxylic acids is 1. The highest BCUT2D eigenvalue weighted by molar-refractivity contribution is 5.74. The van der Waals surface area contributed by atoms with Gasteiger partial charge in [-0.25, -0.2) is 0 Å². The van der Waals surface area contributed by atoms with Crippen LogP contribution < -0.4 is 9.80 Å². The lowest BCUT2D eigenvalue weighted by Gasteiger charge is -2.26. The van der Waals surface area contributed by atoms with Gasteiger partial charge in [-0.1, -0.05) is 19.9 Å². The lowest BCUT2D eigenvalue weighted by atomic mass is 10.0. The molecule has 0 saturated heterocycles. The molecule has 0 atom stereocenters. The third-order valence-electron chi connectivity index (χ3n) is 3.94. The number of nitrogens with zero attached hydrogens (tertiary/aromatic N) is 2. The molecule has 0 bridgehead atoms. The van der Waals surface area contributed by atoms with Crippen molar-refractivity contribution in [1.29, 1.82) is 0 Å². The molecule has 4 heteroatoms. The average Bonchev–Trinajstić information content (AvgIpc) is 2.55. The van der Waals surface area contributed by atoms with Crippen molar-refractivity contribution in [2.75, 3.05) is 36.5 Å². The summed E-state index contributed by atoms with van der Waals surface area (Å²) >= 11 is 0. The van der Waals surface area contributed by atoms with Gasteiger partial charge >= 0.3 is 5.97 Å². The second kappa shape index (κ2) is 6.16. The van der Waals surface area contributed by atoms with Crippen molar-refractivity contribution < 1.29 is 9.90 Å². The first-order valence-electron chi connectivity index (χ1n) is 7.31. The molecule has 0 aliphatic carbocycles. The minimum atomic E-state index is -0.732. The fraction of sp³-hybridized carbons (Fsp3) is 0.562. The molecule has 0 unspecified atom stereocenters. The summed E-state index contributed by atoms with van der Waals surface area (Å²) in [5.74, 6) is -0.251. The summed E-state index contributed by atoms with van der Waals surface area (Å²) in [4.78, 5) is 15.3. The summed E-state index contributed by atoms with van der Waals surface area (Å²) in [5.41, 5.74) is 3.69. The van der Waals surface area contributed by atoms with E-state index in [0.29, 0.717) is 12.5 Å². The molecule has 0 aromatic heterocycles. The molecule has 0 saturated carbocycles. The topological polar surface area (TPSA) is 43.8 Å². The fourth-order valence-electron chi connectivity index (χ4n) is 2.68. The number of carbonyl (C=O) groups is 1. The van der Waals surface area contributed by atoms with Crippen LogP contribution >= 0.6 is 0 Å². The van der Waals surface area contributed by atoms with E-state index in [0.717, 1.165) is 19.5 Å². The van der Waals surface area contributed by atoms with Crippen LogP contribution in [-0.2, 0) is 4.79 Å². The molecule has 4 nitrogen and oxygen atoms in total. The molecule has 110 valence electrons. The van der Waals surface area contributed by atoms with Gasteiger partial charge in [0.05, 0.1) is 17.8 Å². The van der Waals surface area contributed by atoms with E-state index in [1.165, 1.54) is 16.9 Å². The molecule has 1 heterocycles. The Balaban J connectivity index is 2.34. The fourth-order valence-corrected chi connectivity index (χ4v) is 2.68. The van der Waals surface area contributed by atoms with Crippen molar-refractivity contribution in [2.45, 2.75) is 32.6 Å². The zero-order valence-corrected chi connectivity index (χ0v) is 12.6. The molecule has 0 radical (unpaired) electrons. The van der Waals surface area contributed by atoms with Crippen LogP contribution in [-0.4, -0.2) is 37.8 Å². The van der Waals surface area contributed by atoms with Crippen molar-refractivity contribution in [3.8, 4) is 0 Å². The van der Waals surface area contributed by atoms with E-state index in [2.05, 4.69) is 48.9 Å². The van der Waals surface area contributed by atoms with Crippen LogP contribution in [0.4, 0.5) is 11.4 Å². The molecule has 1 aromatic carbocycles. The molecule has 1 aliphatic rings. The van der Waals surface area contributed by atoms with Gasteiger partial charge in [0, 0.05) is 26.7 Å². The molecule has 20 heavy (non-hydrogen) atoms. The Morgan fingerprint density at radius 2 is 2.05 bits per heavy atom. The highest BCUT2D eigenvalue weighted by Gasteiger charge is 2.19. The van der Waals surface area contributed by atoms with Crippen molar-refractivity contribution in [1.82, 2.24) is 0 Å². The molecule has 0 amide bonds. The number of carboxylic acids is 1. The Kier molecular flexibility index (Phi) is 4.53. The summed E-state index contributed by atoms with van der Waals surface area (Å²) in [6.45, 7) is 6.88. The molecule has 1 aromatic rings. The molecular formula is C16H24N2O2. The minimum absolute atomic E-state index is 0.190. The summed E-state index contributed by atoms with van der Waals surface area (Å²) in [6.07, 6.45) is 1.25. The summed E-state index contributed by atoms with van der Waals surface area (Å²) < 4.78 is 0. The van der Waals surface area contributed by atoms with Gasteiger partial charge in [-0.05, 0) is 30.0 Å². The van der Waals surface area contributed by atoms with Crippen molar-refractivity contribution in [3.63, 3.8) is 0 Å². The van der Waals surface area contributed by atoms with Crippen LogP contribution in [0.1, 0.15) is 38.2 Å². The normalized spacial score (nSPS) is 15.2. The smallest absolute Gasteiger partial charge is 0.305 e. The van der Waals surface area contributed by atoms with Gasteiger partial charge in [-0.2, -0.15) is 0 Å². The Labute approximate surface area is 121 Å². The lowest BCUT2D eigenvalue weighted by molar-refractivity contribution is -0.136. The maximum absolute atomic E-state index is 10.8. The zero-order chi connectivity index (χ0) is 14.7. The van der Waals surface area contributed by atoms with Gasteiger partial charge in [0.25, 0.3) is 0 Å². The highest BCUT2D eigenvalue weighted by Crippen LogP contribution is 2.34. The average molecular weight is 276 g/mol. The number of anilines is 2. The largest absolute Gasteiger partial charge is 0.481 e. The highest BCUT2D eigenvalue weighted by atomic mass is 16.4. The SMILES string of the molecule is CC(C)c1ccc2c(c1)N(CCC(=O)O)CCCN2C. The summed E-state index contributed by atoms with van der Waals surface area (Å²) in [5, 5.41) is 8.92.